The summed E-state index contributed by atoms with van der Waals surface area (Å²) in [6.45, 7) is 7.94. The summed E-state index contributed by atoms with van der Waals surface area (Å²) in [6.07, 6.45) is 6.37. The first kappa shape index (κ1) is 25.2. The first-order valence-corrected chi connectivity index (χ1v) is 12.1. The third-order valence-corrected chi connectivity index (χ3v) is 7.01. The maximum absolute atomic E-state index is 14.9. The van der Waals surface area contributed by atoms with Gasteiger partial charge in [0.15, 0.2) is 0 Å². The number of amides is 1. The van der Waals surface area contributed by atoms with Crippen molar-refractivity contribution in [1.29, 1.82) is 0 Å². The molecule has 4 rings (SSSR count). The zero-order chi connectivity index (χ0) is 25.8. The molecule has 188 valence electrons. The second-order valence-electron chi connectivity index (χ2n) is 9.24. The Morgan fingerprint density at radius 2 is 2.14 bits per heavy atom. The van der Waals surface area contributed by atoms with Crippen molar-refractivity contribution in [2.45, 2.75) is 45.4 Å². The lowest BCUT2D eigenvalue weighted by Gasteiger charge is -2.18. The lowest BCUT2D eigenvalue weighted by Crippen LogP contribution is -2.29. The molecule has 9 heteroatoms. The minimum absolute atomic E-state index is 0.0441. The number of nitrogens with zero attached hydrogens (tertiary/aromatic N) is 5. The highest BCUT2D eigenvalue weighted by molar-refractivity contribution is 6.10. The fraction of sp³-hybridized carbons (Fsp3) is 0.370. The first-order chi connectivity index (χ1) is 17.3. The van der Waals surface area contributed by atoms with Crippen molar-refractivity contribution in [3.63, 3.8) is 0 Å². The topological polar surface area (TPSA) is 93.0 Å². The van der Waals surface area contributed by atoms with Crippen molar-refractivity contribution in [3.8, 4) is 0 Å². The molecule has 2 heterocycles. The smallest absolute Gasteiger partial charge is 0.250 e. The van der Waals surface area contributed by atoms with Gasteiger partial charge in [-0.1, -0.05) is 39.0 Å². The third-order valence-electron chi connectivity index (χ3n) is 7.01. The molecule has 1 aliphatic carbocycles. The molecule has 0 aliphatic heterocycles. The van der Waals surface area contributed by atoms with E-state index in [2.05, 4.69) is 33.9 Å². The van der Waals surface area contributed by atoms with Crippen molar-refractivity contribution in [2.75, 3.05) is 17.3 Å². The van der Waals surface area contributed by atoms with Gasteiger partial charge in [-0.2, -0.15) is 5.10 Å². The van der Waals surface area contributed by atoms with E-state index >= 15 is 0 Å². The molecule has 1 fully saturated rings. The van der Waals surface area contributed by atoms with Crippen molar-refractivity contribution in [1.82, 2.24) is 19.7 Å². The highest BCUT2D eigenvalue weighted by atomic mass is 19.1. The van der Waals surface area contributed by atoms with Crippen LogP contribution in [0.3, 0.4) is 0 Å². The van der Waals surface area contributed by atoms with Gasteiger partial charge in [0.2, 0.25) is 11.7 Å². The van der Waals surface area contributed by atoms with Crippen LogP contribution in [0, 0.1) is 11.8 Å². The van der Waals surface area contributed by atoms with Crippen LogP contribution in [0.5, 0.6) is 0 Å². The van der Waals surface area contributed by atoms with Crippen LogP contribution in [0.2, 0.25) is 0 Å². The molecule has 8 nitrogen and oxygen atoms in total. The van der Waals surface area contributed by atoms with Gasteiger partial charge in [-0.25, -0.2) is 14.4 Å². The molecule has 36 heavy (non-hydrogen) atoms. The van der Waals surface area contributed by atoms with E-state index in [1.165, 1.54) is 23.5 Å². The van der Waals surface area contributed by atoms with E-state index in [-0.39, 0.29) is 28.9 Å². The fourth-order valence-corrected chi connectivity index (χ4v) is 4.78. The van der Waals surface area contributed by atoms with Crippen LogP contribution in [-0.2, 0) is 11.3 Å². The number of nitrogens with one attached hydrogen (secondary N) is 1. The minimum Gasteiger partial charge on any atom is -0.364 e. The summed E-state index contributed by atoms with van der Waals surface area (Å²) in [4.78, 5) is 35.0. The lowest BCUT2D eigenvalue weighted by atomic mass is 9.95. The van der Waals surface area contributed by atoms with Crippen LogP contribution in [-0.4, -0.2) is 50.7 Å². The maximum Gasteiger partial charge on any atom is 0.250 e. The molecule has 1 aromatic carbocycles. The van der Waals surface area contributed by atoms with Crippen molar-refractivity contribution < 1.29 is 14.0 Å². The maximum atomic E-state index is 14.9. The Balaban J connectivity index is 1.49. The Morgan fingerprint density at radius 1 is 1.33 bits per heavy atom. The number of likely N-dealkylation sites (N-methyl/N-ethyl adjacent to an activating group) is 1. The van der Waals surface area contributed by atoms with E-state index in [1.54, 1.807) is 24.0 Å². The average Bonchev–Trinajstić information content (AvgIpc) is 3.47. The van der Waals surface area contributed by atoms with Crippen LogP contribution in [0.4, 0.5) is 15.9 Å². The monoisotopic (exact) mass is 490 g/mol. The number of alkyl halides is 1. The van der Waals surface area contributed by atoms with Gasteiger partial charge in [-0.05, 0) is 48.1 Å². The van der Waals surface area contributed by atoms with Gasteiger partial charge in [0, 0.05) is 25.1 Å². The van der Waals surface area contributed by atoms with E-state index in [1.807, 2.05) is 31.2 Å². The van der Waals surface area contributed by atoms with Crippen molar-refractivity contribution >= 4 is 23.2 Å². The zero-order valence-electron chi connectivity index (χ0n) is 20.8. The summed E-state index contributed by atoms with van der Waals surface area (Å²) in [5, 5.41) is 7.61. The third kappa shape index (κ3) is 5.19. The zero-order valence-corrected chi connectivity index (χ0v) is 20.8. The van der Waals surface area contributed by atoms with E-state index in [0.29, 0.717) is 24.7 Å². The molecular weight excluding hydrogens is 459 g/mol. The fourth-order valence-electron chi connectivity index (χ4n) is 4.78. The molecule has 1 saturated carbocycles. The molecule has 0 radical (unpaired) electrons. The van der Waals surface area contributed by atoms with Crippen LogP contribution in [0.1, 0.15) is 48.3 Å². The number of benzene rings is 1. The number of hydrogen-bond donors (Lipinski definition) is 1. The Morgan fingerprint density at radius 3 is 2.86 bits per heavy atom. The van der Waals surface area contributed by atoms with Crippen LogP contribution in [0.25, 0.3) is 0 Å². The van der Waals surface area contributed by atoms with E-state index in [4.69, 9.17) is 0 Å². The quantitative estimate of drug-likeness (QED) is 0.355. The van der Waals surface area contributed by atoms with Crippen LogP contribution < -0.4 is 10.2 Å². The molecule has 0 saturated heterocycles. The summed E-state index contributed by atoms with van der Waals surface area (Å²) in [6, 6.07) is 8.74. The average molecular weight is 491 g/mol. The summed E-state index contributed by atoms with van der Waals surface area (Å²) < 4.78 is 16.5. The van der Waals surface area contributed by atoms with Gasteiger partial charge in [-0.3, -0.25) is 14.3 Å². The number of ketones is 1. The van der Waals surface area contributed by atoms with Gasteiger partial charge in [0.05, 0.1) is 18.2 Å². The highest BCUT2D eigenvalue weighted by Crippen LogP contribution is 2.38. The van der Waals surface area contributed by atoms with Gasteiger partial charge in [-0.15, -0.1) is 0 Å². The van der Waals surface area contributed by atoms with Crippen LogP contribution in [0.15, 0.2) is 61.7 Å². The summed E-state index contributed by atoms with van der Waals surface area (Å²) in [5.41, 5.74) is 2.15. The second kappa shape index (κ2) is 10.8. The molecule has 1 amide bonds. The normalized spacial score (nSPS) is 21.2. The molecule has 0 bridgehead atoms. The summed E-state index contributed by atoms with van der Waals surface area (Å²) in [5.74, 6) is 0.0314. The molecule has 1 N–H and O–H groups in total. The second-order valence-corrected chi connectivity index (χ2v) is 9.24. The number of hydrogen-bond acceptors (Lipinski definition) is 6. The Kier molecular flexibility index (Phi) is 7.57. The minimum atomic E-state index is -1.01. The number of rotatable bonds is 9. The van der Waals surface area contributed by atoms with Crippen molar-refractivity contribution in [2.24, 2.45) is 11.8 Å². The summed E-state index contributed by atoms with van der Waals surface area (Å²) >= 11 is 0. The number of anilines is 2. The molecule has 4 atom stereocenters. The standard InChI is InChI=1S/C27H31FN6O2/c1-5-19-13-23(25(28)17(19)3)31-27-21(14-29-16-30-27)26(36)22-10-11-34(32-22)15-18-8-7-9-20(12-18)33(4)24(35)6-2/h6-12,14,16-17,19,23,25H,2,5,13,15H2,1,3-4H3,(H,29,30,31)/t17-,19+,23-,25+/m1/s1. The predicted molar refractivity (Wildman–Crippen MR) is 137 cm³/mol. The van der Waals surface area contributed by atoms with E-state index < -0.39 is 12.2 Å². The molecule has 0 spiro atoms. The SMILES string of the molecule is C=CC(=O)N(C)c1cccc(Cn2ccc(C(=O)c3cncnc3N[C@@H]3C[C@H](CC)[C@@H](C)[C@@H]3F)n2)c1. The van der Waals surface area contributed by atoms with Gasteiger partial charge in [0.1, 0.15) is 24.0 Å². The number of halogens is 1. The molecular formula is C27H31FN6O2. The Labute approximate surface area is 210 Å². The Hall–Kier alpha value is -3.88. The highest BCUT2D eigenvalue weighted by Gasteiger charge is 2.40. The molecule has 2 aromatic heterocycles. The van der Waals surface area contributed by atoms with Crippen molar-refractivity contribution in [3.05, 3.63) is 78.5 Å². The van der Waals surface area contributed by atoms with Gasteiger partial charge >= 0.3 is 0 Å². The van der Waals surface area contributed by atoms with Crippen LogP contribution >= 0.6 is 0 Å². The number of carbonyl (C=O) groups is 2. The van der Waals surface area contributed by atoms with Gasteiger partial charge < -0.3 is 10.2 Å². The van der Waals surface area contributed by atoms with Gasteiger partial charge in [0.25, 0.3) is 0 Å². The largest absolute Gasteiger partial charge is 0.364 e. The number of aromatic nitrogens is 4. The number of carbonyl (C=O) groups excluding carboxylic acids is 2. The molecule has 3 aromatic rings. The van der Waals surface area contributed by atoms with E-state index in [0.717, 1.165) is 17.7 Å². The molecule has 0 unspecified atom stereocenters. The Bertz CT molecular complexity index is 1260. The summed E-state index contributed by atoms with van der Waals surface area (Å²) in [7, 11) is 1.68. The predicted octanol–water partition coefficient (Wildman–Crippen LogP) is 4.29. The first-order valence-electron chi connectivity index (χ1n) is 12.1. The molecule has 1 aliphatic rings. The van der Waals surface area contributed by atoms with E-state index in [9.17, 15) is 14.0 Å². The lowest BCUT2D eigenvalue weighted by molar-refractivity contribution is -0.113.